The van der Waals surface area contributed by atoms with Crippen LogP contribution in [0.1, 0.15) is 10.4 Å². The third-order valence-corrected chi connectivity index (χ3v) is 3.71. The lowest BCUT2D eigenvalue weighted by Crippen LogP contribution is -2.20. The SMILES string of the molecule is Cc1ccsc1CNCCOc1cc(F)ccc1F. The van der Waals surface area contributed by atoms with Crippen LogP contribution in [0.25, 0.3) is 0 Å². The summed E-state index contributed by atoms with van der Waals surface area (Å²) in [6.07, 6.45) is 0. The molecule has 1 heterocycles. The van der Waals surface area contributed by atoms with Crippen LogP contribution < -0.4 is 10.1 Å². The minimum absolute atomic E-state index is 0.0471. The summed E-state index contributed by atoms with van der Waals surface area (Å²) in [6, 6.07) is 5.26. The van der Waals surface area contributed by atoms with E-state index in [9.17, 15) is 8.78 Å². The molecule has 2 aromatic rings. The number of halogens is 2. The predicted molar refractivity (Wildman–Crippen MR) is 72.6 cm³/mol. The van der Waals surface area contributed by atoms with Gasteiger partial charge in [0.15, 0.2) is 11.6 Å². The van der Waals surface area contributed by atoms with Crippen LogP contribution in [0.3, 0.4) is 0 Å². The third-order valence-electron chi connectivity index (χ3n) is 2.68. The number of hydrogen-bond donors (Lipinski definition) is 1. The fourth-order valence-corrected chi connectivity index (χ4v) is 2.48. The molecule has 1 aromatic carbocycles. The molecule has 0 radical (unpaired) electrons. The van der Waals surface area contributed by atoms with Gasteiger partial charge in [-0.3, -0.25) is 0 Å². The van der Waals surface area contributed by atoms with E-state index in [1.807, 2.05) is 5.38 Å². The number of hydrogen-bond acceptors (Lipinski definition) is 3. The fourth-order valence-electron chi connectivity index (χ4n) is 1.61. The zero-order valence-electron chi connectivity index (χ0n) is 10.6. The molecule has 0 saturated heterocycles. The van der Waals surface area contributed by atoms with Crippen molar-refractivity contribution in [2.24, 2.45) is 0 Å². The predicted octanol–water partition coefficient (Wildman–Crippen LogP) is 3.50. The maximum atomic E-state index is 13.2. The molecule has 0 bridgehead atoms. The first kappa shape index (κ1) is 14.0. The number of thiophene rings is 1. The van der Waals surface area contributed by atoms with Crippen molar-refractivity contribution in [1.29, 1.82) is 0 Å². The molecule has 2 rings (SSSR count). The van der Waals surface area contributed by atoms with E-state index in [4.69, 9.17) is 4.74 Å². The Bertz CT molecular complexity index is 542. The van der Waals surface area contributed by atoms with Gasteiger partial charge in [-0.25, -0.2) is 8.78 Å². The van der Waals surface area contributed by atoms with Crippen LogP contribution in [0.2, 0.25) is 0 Å². The Morgan fingerprint density at radius 2 is 2.11 bits per heavy atom. The Morgan fingerprint density at radius 3 is 2.84 bits per heavy atom. The van der Waals surface area contributed by atoms with Gasteiger partial charge in [-0.1, -0.05) is 0 Å². The molecule has 0 atom stereocenters. The van der Waals surface area contributed by atoms with Crippen molar-refractivity contribution >= 4 is 11.3 Å². The van der Waals surface area contributed by atoms with Gasteiger partial charge in [-0.15, -0.1) is 11.3 Å². The molecule has 19 heavy (non-hydrogen) atoms. The number of nitrogens with one attached hydrogen (secondary N) is 1. The molecular formula is C14H15F2NOS. The molecule has 0 aliphatic heterocycles. The first-order chi connectivity index (χ1) is 9.16. The quantitative estimate of drug-likeness (QED) is 0.819. The van der Waals surface area contributed by atoms with Gasteiger partial charge in [0, 0.05) is 24.0 Å². The van der Waals surface area contributed by atoms with Gasteiger partial charge >= 0.3 is 0 Å². The van der Waals surface area contributed by atoms with E-state index in [2.05, 4.69) is 18.3 Å². The molecule has 1 aromatic heterocycles. The number of aryl methyl sites for hydroxylation is 1. The topological polar surface area (TPSA) is 21.3 Å². The highest BCUT2D eigenvalue weighted by Crippen LogP contribution is 2.17. The van der Waals surface area contributed by atoms with E-state index in [-0.39, 0.29) is 5.75 Å². The van der Waals surface area contributed by atoms with Crippen LogP contribution in [-0.4, -0.2) is 13.2 Å². The van der Waals surface area contributed by atoms with E-state index in [0.717, 1.165) is 24.7 Å². The third kappa shape index (κ3) is 4.01. The van der Waals surface area contributed by atoms with Gasteiger partial charge in [0.2, 0.25) is 0 Å². The summed E-state index contributed by atoms with van der Waals surface area (Å²) < 4.78 is 31.3. The largest absolute Gasteiger partial charge is 0.489 e. The van der Waals surface area contributed by atoms with Crippen LogP contribution >= 0.6 is 11.3 Å². The van der Waals surface area contributed by atoms with Gasteiger partial charge in [-0.2, -0.15) is 0 Å². The lowest BCUT2D eigenvalue weighted by Gasteiger charge is -2.08. The summed E-state index contributed by atoms with van der Waals surface area (Å²) in [5.74, 6) is -1.09. The second kappa shape index (κ2) is 6.63. The molecular weight excluding hydrogens is 268 g/mol. The van der Waals surface area contributed by atoms with Crippen LogP contribution in [0.4, 0.5) is 8.78 Å². The molecule has 2 nitrogen and oxygen atoms in total. The van der Waals surface area contributed by atoms with Crippen LogP contribution in [0, 0.1) is 18.6 Å². The molecule has 0 saturated carbocycles. The molecule has 0 unspecified atom stereocenters. The summed E-state index contributed by atoms with van der Waals surface area (Å²) >= 11 is 1.70. The van der Waals surface area contributed by atoms with Crippen molar-refractivity contribution in [2.75, 3.05) is 13.2 Å². The summed E-state index contributed by atoms with van der Waals surface area (Å²) in [5, 5.41) is 5.25. The Balaban J connectivity index is 1.72. The molecule has 0 fully saturated rings. The summed E-state index contributed by atoms with van der Waals surface area (Å²) in [4.78, 5) is 1.27. The van der Waals surface area contributed by atoms with E-state index in [0.29, 0.717) is 13.2 Å². The normalized spacial score (nSPS) is 10.7. The average Bonchev–Trinajstić information content (AvgIpc) is 2.79. The van der Waals surface area contributed by atoms with Gasteiger partial charge in [0.05, 0.1) is 0 Å². The van der Waals surface area contributed by atoms with E-state index in [1.165, 1.54) is 10.4 Å². The first-order valence-electron chi connectivity index (χ1n) is 5.98. The van der Waals surface area contributed by atoms with Gasteiger partial charge in [0.25, 0.3) is 0 Å². The second-order valence-electron chi connectivity index (χ2n) is 4.13. The van der Waals surface area contributed by atoms with Crippen LogP contribution in [-0.2, 0) is 6.54 Å². The van der Waals surface area contributed by atoms with Crippen LogP contribution in [0.5, 0.6) is 5.75 Å². The Hall–Kier alpha value is -1.46. The van der Waals surface area contributed by atoms with Crippen molar-refractivity contribution < 1.29 is 13.5 Å². The maximum Gasteiger partial charge on any atom is 0.165 e. The van der Waals surface area contributed by atoms with Crippen molar-refractivity contribution in [2.45, 2.75) is 13.5 Å². The van der Waals surface area contributed by atoms with E-state index in [1.54, 1.807) is 11.3 Å². The molecule has 0 spiro atoms. The lowest BCUT2D eigenvalue weighted by atomic mass is 10.3. The Kier molecular flexibility index (Phi) is 4.87. The Labute approximate surface area is 115 Å². The second-order valence-corrected chi connectivity index (χ2v) is 5.13. The minimum atomic E-state index is -0.546. The highest BCUT2D eigenvalue weighted by atomic mass is 32.1. The summed E-state index contributed by atoms with van der Waals surface area (Å²) in [5.41, 5.74) is 1.26. The number of rotatable bonds is 6. The molecule has 0 aliphatic rings. The monoisotopic (exact) mass is 283 g/mol. The van der Waals surface area contributed by atoms with Crippen molar-refractivity contribution in [3.63, 3.8) is 0 Å². The van der Waals surface area contributed by atoms with Gasteiger partial charge in [0.1, 0.15) is 12.4 Å². The molecule has 0 aliphatic carbocycles. The van der Waals surface area contributed by atoms with Crippen molar-refractivity contribution in [3.05, 3.63) is 51.7 Å². The Morgan fingerprint density at radius 1 is 1.26 bits per heavy atom. The number of benzene rings is 1. The zero-order valence-corrected chi connectivity index (χ0v) is 11.4. The van der Waals surface area contributed by atoms with E-state index < -0.39 is 11.6 Å². The summed E-state index contributed by atoms with van der Waals surface area (Å²) in [7, 11) is 0. The standard InChI is InChI=1S/C14H15F2NOS/c1-10-4-7-19-14(10)9-17-5-6-18-13-8-11(15)2-3-12(13)16/h2-4,7-8,17H,5-6,9H2,1H3. The van der Waals surface area contributed by atoms with Gasteiger partial charge < -0.3 is 10.1 Å². The average molecular weight is 283 g/mol. The smallest absolute Gasteiger partial charge is 0.165 e. The minimum Gasteiger partial charge on any atom is -0.489 e. The molecule has 0 amide bonds. The molecule has 5 heteroatoms. The highest BCUT2D eigenvalue weighted by molar-refractivity contribution is 7.10. The summed E-state index contributed by atoms with van der Waals surface area (Å²) in [6.45, 7) is 3.70. The number of ether oxygens (including phenoxy) is 1. The van der Waals surface area contributed by atoms with Crippen LogP contribution in [0.15, 0.2) is 29.6 Å². The molecule has 1 N–H and O–H groups in total. The molecule has 102 valence electrons. The van der Waals surface area contributed by atoms with Crippen molar-refractivity contribution in [1.82, 2.24) is 5.32 Å². The first-order valence-corrected chi connectivity index (χ1v) is 6.86. The fraction of sp³-hybridized carbons (Fsp3) is 0.286. The highest BCUT2D eigenvalue weighted by Gasteiger charge is 2.04. The maximum absolute atomic E-state index is 13.2. The lowest BCUT2D eigenvalue weighted by molar-refractivity contribution is 0.297. The zero-order chi connectivity index (χ0) is 13.7. The van der Waals surface area contributed by atoms with Crippen molar-refractivity contribution in [3.8, 4) is 5.75 Å². The van der Waals surface area contributed by atoms with E-state index >= 15 is 0 Å². The van der Waals surface area contributed by atoms with Gasteiger partial charge in [-0.05, 0) is 36.1 Å².